The number of benzene rings is 5. The van der Waals surface area contributed by atoms with Gasteiger partial charge < -0.3 is 4.57 Å². The van der Waals surface area contributed by atoms with Crippen LogP contribution < -0.4 is 21.2 Å². The lowest BCUT2D eigenvalue weighted by atomic mass is 10.2. The van der Waals surface area contributed by atoms with Gasteiger partial charge in [0.2, 0.25) is 23.3 Å². The molecule has 1 nitrogen and oxygen atoms in total. The first-order valence-corrected chi connectivity index (χ1v) is 17.4. The van der Waals surface area contributed by atoms with Gasteiger partial charge in [-0.15, -0.1) is 0 Å². The van der Waals surface area contributed by atoms with Crippen molar-refractivity contribution < 1.29 is 92.4 Å². The third-order valence-electron chi connectivity index (χ3n) is 7.75. The zero-order chi connectivity index (χ0) is 41.3. The van der Waals surface area contributed by atoms with Crippen molar-refractivity contribution in [2.45, 2.75) is 12.3 Å². The van der Waals surface area contributed by atoms with Gasteiger partial charge in [0, 0.05) is 12.3 Å². The van der Waals surface area contributed by atoms with Crippen LogP contribution in [0.1, 0.15) is 11.1 Å². The number of halogens is 20. The van der Waals surface area contributed by atoms with Crippen LogP contribution in [0.4, 0.5) is 87.8 Å². The zero-order valence-electron chi connectivity index (χ0n) is 25.6. The first-order chi connectivity index (χ1) is 25.5. The van der Waals surface area contributed by atoms with Gasteiger partial charge in [-0.25, -0.2) is 87.8 Å². The Morgan fingerprint density at radius 1 is 0.364 bits per heavy atom. The maximum Gasteiger partial charge on any atom is 0.200 e. The summed E-state index contributed by atoms with van der Waals surface area (Å²) in [6, 6.07) is 2.31. The molecule has 5 aromatic carbocycles. The summed E-state index contributed by atoms with van der Waals surface area (Å²) in [5, 5.41) is -9.56. The van der Waals surface area contributed by atoms with Gasteiger partial charge in [-0.1, -0.05) is 24.3 Å². The van der Waals surface area contributed by atoms with E-state index in [2.05, 4.69) is 0 Å². The van der Waals surface area contributed by atoms with E-state index in [1.807, 2.05) is 0 Å². The van der Waals surface area contributed by atoms with E-state index in [0.29, 0.717) is 24.3 Å². The lowest BCUT2D eigenvalue weighted by molar-refractivity contribution is 0.381. The van der Waals surface area contributed by atoms with Crippen molar-refractivity contribution in [3.05, 3.63) is 152 Å². The zero-order valence-corrected chi connectivity index (χ0v) is 27.4. The molecule has 0 unspecified atom stereocenters. The molecule has 0 aliphatic carbocycles. The molecule has 0 N–H and O–H groups in total. The molecule has 292 valence electrons. The molecule has 0 spiro atoms. The topological polar surface area (TPSA) is 17.1 Å². The molecule has 0 saturated heterocycles. The van der Waals surface area contributed by atoms with Crippen LogP contribution in [-0.4, -0.2) is 0 Å². The maximum atomic E-state index is 15.1. The van der Waals surface area contributed by atoms with Crippen molar-refractivity contribution in [2.24, 2.45) is 0 Å². The Hall–Kier alpha value is -4.64. The van der Waals surface area contributed by atoms with Crippen molar-refractivity contribution in [2.75, 3.05) is 0 Å². The molecule has 0 atom stereocenters. The summed E-state index contributed by atoms with van der Waals surface area (Å²) in [4.78, 5) is 0. The third kappa shape index (κ3) is 6.51. The second-order valence-corrected chi connectivity index (χ2v) is 15.7. The fraction of sp³-hybridized carbons (Fsp3) is 0.0625. The van der Waals surface area contributed by atoms with Crippen LogP contribution in [0.25, 0.3) is 0 Å². The molecule has 0 aliphatic rings. The molecule has 0 amide bonds. The Kier molecular flexibility index (Phi) is 11.2. The van der Waals surface area contributed by atoms with Gasteiger partial charge >= 0.3 is 0 Å². The third-order valence-corrected chi connectivity index (χ3v) is 13.3. The molecule has 0 fully saturated rings. The number of rotatable bonds is 8. The lowest BCUT2D eigenvalue weighted by Gasteiger charge is -2.24. The first kappa shape index (κ1) is 41.5. The smallest absolute Gasteiger partial charge is 0.200 e. The fourth-order valence-corrected chi connectivity index (χ4v) is 10.6. The Morgan fingerprint density at radius 3 is 0.927 bits per heavy atom. The second kappa shape index (κ2) is 14.8. The highest BCUT2D eigenvalue weighted by atomic mass is 31.2. The van der Waals surface area contributed by atoms with E-state index in [0.717, 1.165) is 0 Å². The van der Waals surface area contributed by atoms with Crippen molar-refractivity contribution in [1.82, 2.24) is 0 Å². The molecule has 0 bridgehead atoms. The molecule has 0 saturated carbocycles. The van der Waals surface area contributed by atoms with Crippen LogP contribution >= 0.6 is 15.1 Å². The number of hydrogen-bond acceptors (Lipinski definition) is 1. The predicted octanol–water partition coefficient (Wildman–Crippen LogP) is 9.62. The highest BCUT2D eigenvalue weighted by Crippen LogP contribution is 2.52. The number of hydrogen-bond donors (Lipinski definition) is 0. The minimum atomic E-state index is -6.49. The SMILES string of the molecule is O=P(Cc1cccc(CP(c2c(F)c(F)c(F)c(F)c2F)c2c(F)c(F)c(F)c(F)c2F)c1)(c1c(F)c(F)c(F)c(F)c1F)c1c(F)c(F)c(F)c(F)c1F. The predicted molar refractivity (Wildman–Crippen MR) is 152 cm³/mol. The monoisotopic (exact) mass is 850 g/mol. The molecular weight excluding hydrogens is 842 g/mol. The summed E-state index contributed by atoms with van der Waals surface area (Å²) in [6.07, 6.45) is -3.56. The van der Waals surface area contributed by atoms with Crippen LogP contribution in [0.3, 0.4) is 0 Å². The minimum absolute atomic E-state index is 0.387. The Morgan fingerprint density at radius 2 is 0.618 bits per heavy atom. The lowest BCUT2D eigenvalue weighted by Crippen LogP contribution is -2.32. The largest absolute Gasteiger partial charge is 0.313 e. The molecule has 0 heterocycles. The van der Waals surface area contributed by atoms with E-state index in [9.17, 15) is 57.3 Å². The Bertz CT molecular complexity index is 2250. The highest BCUT2D eigenvalue weighted by Gasteiger charge is 2.45. The Labute approximate surface area is 292 Å². The van der Waals surface area contributed by atoms with E-state index in [1.54, 1.807) is 0 Å². The summed E-state index contributed by atoms with van der Waals surface area (Å²) < 4.78 is 304. The summed E-state index contributed by atoms with van der Waals surface area (Å²) in [6.45, 7) is 0. The highest BCUT2D eigenvalue weighted by molar-refractivity contribution is 7.78. The molecule has 0 aromatic heterocycles. The van der Waals surface area contributed by atoms with Crippen LogP contribution in [0.15, 0.2) is 24.3 Å². The molecule has 5 rings (SSSR count). The van der Waals surface area contributed by atoms with Crippen LogP contribution in [0.5, 0.6) is 0 Å². The van der Waals surface area contributed by atoms with Crippen LogP contribution in [0, 0.1) is 116 Å². The normalized spacial score (nSPS) is 12.0. The van der Waals surface area contributed by atoms with Crippen molar-refractivity contribution in [1.29, 1.82) is 0 Å². The molecule has 5 aromatic rings. The molecule has 23 heteroatoms. The maximum absolute atomic E-state index is 15.1. The average Bonchev–Trinajstić information content (AvgIpc) is 3.14. The summed E-state index contributed by atoms with van der Waals surface area (Å²) >= 11 is 0. The van der Waals surface area contributed by atoms with Gasteiger partial charge in [-0.05, 0) is 19.0 Å². The van der Waals surface area contributed by atoms with Gasteiger partial charge in [0.15, 0.2) is 100 Å². The van der Waals surface area contributed by atoms with Gasteiger partial charge in [0.25, 0.3) is 0 Å². The van der Waals surface area contributed by atoms with E-state index >= 15 is 35.1 Å². The first-order valence-electron chi connectivity index (χ1n) is 14.0. The fourth-order valence-electron chi connectivity index (χ4n) is 5.29. The molecule has 55 heavy (non-hydrogen) atoms. The van der Waals surface area contributed by atoms with Crippen molar-refractivity contribution >= 4 is 36.3 Å². The second-order valence-electron chi connectivity index (χ2n) is 11.0. The van der Waals surface area contributed by atoms with E-state index < -0.39 is 176 Å². The van der Waals surface area contributed by atoms with Crippen LogP contribution in [-0.2, 0) is 16.9 Å². The average molecular weight is 850 g/mol. The van der Waals surface area contributed by atoms with Gasteiger partial charge in [0.05, 0.1) is 21.2 Å². The van der Waals surface area contributed by atoms with Gasteiger partial charge in [-0.2, -0.15) is 0 Å². The molecule has 0 radical (unpaired) electrons. The summed E-state index contributed by atoms with van der Waals surface area (Å²) in [5.74, 6) is -58.1. The van der Waals surface area contributed by atoms with E-state index in [-0.39, 0.29) is 0 Å². The van der Waals surface area contributed by atoms with E-state index in [1.165, 1.54) is 0 Å². The van der Waals surface area contributed by atoms with Crippen molar-refractivity contribution in [3.63, 3.8) is 0 Å². The standard InChI is InChI=1S/C32H8F20OP2/c33-9-13(37)21(45)29(22(46)14(9)38)54(30-23(47)15(39)10(34)16(40)24(30)48)5-7-2-1-3-8(4-7)6-55(53,31-25(49)17(41)11(35)18(42)26(31)50)32-27(51)19(43)12(36)20(44)28(32)52/h1-4H,5-6H2. The molecule has 0 aliphatic heterocycles. The van der Waals surface area contributed by atoms with Gasteiger partial charge in [-0.3, -0.25) is 0 Å². The molecular formula is C32H8F20OP2. The Balaban J connectivity index is 1.79. The summed E-state index contributed by atoms with van der Waals surface area (Å²) in [5.41, 5.74) is -1.78. The van der Waals surface area contributed by atoms with Gasteiger partial charge in [0.1, 0.15) is 0 Å². The summed E-state index contributed by atoms with van der Waals surface area (Å²) in [7, 11) is -10.6. The quantitative estimate of drug-likeness (QED) is 0.0659. The van der Waals surface area contributed by atoms with Crippen molar-refractivity contribution in [3.8, 4) is 0 Å². The van der Waals surface area contributed by atoms with E-state index in [4.69, 9.17) is 0 Å². The minimum Gasteiger partial charge on any atom is -0.313 e. The van der Waals surface area contributed by atoms with Crippen LogP contribution in [0.2, 0.25) is 0 Å².